The van der Waals surface area contributed by atoms with Crippen molar-refractivity contribution in [3.63, 3.8) is 0 Å². The minimum Gasteiger partial charge on any atom is -0.354 e. The van der Waals surface area contributed by atoms with Crippen LogP contribution in [0.3, 0.4) is 0 Å². The molecule has 0 aliphatic carbocycles. The number of carbonyl (C=O) groups is 1. The number of hydrogen-bond donors (Lipinski definition) is 1. The van der Waals surface area contributed by atoms with Crippen LogP contribution in [0.1, 0.15) is 21.6 Å². The van der Waals surface area contributed by atoms with Gasteiger partial charge in [-0.05, 0) is 49.4 Å². The zero-order valence-electron chi connectivity index (χ0n) is 14.0. The molecule has 2 aromatic carbocycles. The smallest absolute Gasteiger partial charge is 0.185 e. The minimum atomic E-state index is -0.0169. The molecule has 1 N–H and O–H groups in total. The number of fused-ring (bicyclic) bond motifs is 2. The molecule has 0 fully saturated rings. The van der Waals surface area contributed by atoms with Crippen LogP contribution in [0, 0.1) is 6.92 Å². The molecule has 1 aromatic heterocycles. The second kappa shape index (κ2) is 6.26. The van der Waals surface area contributed by atoms with Crippen LogP contribution in [0.15, 0.2) is 64.5 Å². The van der Waals surface area contributed by atoms with Crippen LogP contribution < -0.4 is 5.32 Å². The van der Waals surface area contributed by atoms with Crippen molar-refractivity contribution >= 4 is 35.0 Å². The van der Waals surface area contributed by atoms with Crippen LogP contribution in [0.5, 0.6) is 0 Å². The van der Waals surface area contributed by atoms with Gasteiger partial charge in [-0.15, -0.1) is 0 Å². The average Bonchev–Trinajstić information content (AvgIpc) is 2.96. The molecule has 3 aromatic rings. The summed E-state index contributed by atoms with van der Waals surface area (Å²) in [6, 6.07) is 14.0. The molecule has 1 aliphatic heterocycles. The summed E-state index contributed by atoms with van der Waals surface area (Å²) < 4.78 is 1.79. The number of aryl methyl sites for hydroxylation is 1. The summed E-state index contributed by atoms with van der Waals surface area (Å²) >= 11 is 1.72. The van der Waals surface area contributed by atoms with Crippen molar-refractivity contribution < 1.29 is 4.79 Å². The SMILES string of the molecule is Cc1c(/C=C/C(=O)c2ccc3c(c2)Nc2ccccc2S3)cnn1C. The van der Waals surface area contributed by atoms with E-state index in [4.69, 9.17) is 0 Å². The Morgan fingerprint density at radius 3 is 2.76 bits per heavy atom. The number of benzene rings is 2. The largest absolute Gasteiger partial charge is 0.354 e. The molecule has 0 saturated heterocycles. The van der Waals surface area contributed by atoms with E-state index in [9.17, 15) is 4.79 Å². The molecule has 0 atom stereocenters. The Morgan fingerprint density at radius 1 is 1.16 bits per heavy atom. The van der Waals surface area contributed by atoms with Crippen molar-refractivity contribution in [3.05, 3.63) is 71.6 Å². The summed E-state index contributed by atoms with van der Waals surface area (Å²) in [6.45, 7) is 1.98. The maximum atomic E-state index is 12.5. The normalized spacial score (nSPS) is 12.6. The van der Waals surface area contributed by atoms with Crippen molar-refractivity contribution in [2.45, 2.75) is 16.7 Å². The molecule has 0 amide bonds. The average molecular weight is 347 g/mol. The van der Waals surface area contributed by atoms with E-state index in [1.54, 1.807) is 28.7 Å². The van der Waals surface area contributed by atoms with Crippen molar-refractivity contribution in [3.8, 4) is 0 Å². The highest BCUT2D eigenvalue weighted by Gasteiger charge is 2.16. The number of hydrogen-bond acceptors (Lipinski definition) is 4. The molecule has 4 nitrogen and oxygen atoms in total. The number of anilines is 2. The van der Waals surface area contributed by atoms with Crippen molar-refractivity contribution in [2.24, 2.45) is 7.05 Å². The summed E-state index contributed by atoms with van der Waals surface area (Å²) in [5, 5.41) is 7.60. The third-order valence-electron chi connectivity index (χ3n) is 4.33. The summed E-state index contributed by atoms with van der Waals surface area (Å²) in [7, 11) is 1.89. The molecule has 4 rings (SSSR count). The molecular formula is C20H17N3OS. The van der Waals surface area contributed by atoms with Crippen LogP contribution in [0.25, 0.3) is 6.08 Å². The van der Waals surface area contributed by atoms with Gasteiger partial charge in [0.25, 0.3) is 0 Å². The van der Waals surface area contributed by atoms with Gasteiger partial charge in [-0.2, -0.15) is 5.10 Å². The fourth-order valence-corrected chi connectivity index (χ4v) is 3.70. The number of rotatable bonds is 3. The second-order valence-corrected chi connectivity index (χ2v) is 7.02. The highest BCUT2D eigenvalue weighted by atomic mass is 32.2. The van der Waals surface area contributed by atoms with Crippen LogP contribution in [-0.4, -0.2) is 15.6 Å². The zero-order valence-corrected chi connectivity index (χ0v) is 14.8. The predicted molar refractivity (Wildman–Crippen MR) is 102 cm³/mol. The van der Waals surface area contributed by atoms with Gasteiger partial charge in [-0.25, -0.2) is 0 Å². The molecule has 5 heteroatoms. The Balaban J connectivity index is 1.58. The van der Waals surface area contributed by atoms with E-state index < -0.39 is 0 Å². The fraction of sp³-hybridized carbons (Fsp3) is 0.100. The maximum Gasteiger partial charge on any atom is 0.185 e. The molecular weight excluding hydrogens is 330 g/mol. The van der Waals surface area contributed by atoms with Gasteiger partial charge in [0.2, 0.25) is 0 Å². The van der Waals surface area contributed by atoms with E-state index in [1.807, 2.05) is 56.4 Å². The number of allylic oxidation sites excluding steroid dienone is 1. The van der Waals surface area contributed by atoms with Crippen LogP contribution in [-0.2, 0) is 7.05 Å². The number of carbonyl (C=O) groups excluding carboxylic acids is 1. The topological polar surface area (TPSA) is 46.9 Å². The monoisotopic (exact) mass is 347 g/mol. The van der Waals surface area contributed by atoms with E-state index in [-0.39, 0.29) is 5.78 Å². The van der Waals surface area contributed by atoms with Gasteiger partial charge < -0.3 is 5.32 Å². The lowest BCUT2D eigenvalue weighted by Crippen LogP contribution is -2.02. The lowest BCUT2D eigenvalue weighted by atomic mass is 10.1. The standard InChI is InChI=1S/C20H17N3OS/c1-13-15(12-21-23(13)2)7-9-18(24)14-8-10-20-17(11-14)22-16-5-3-4-6-19(16)25-20/h3-12,22H,1-2H3/b9-7+. The molecule has 124 valence electrons. The van der Waals surface area contributed by atoms with Gasteiger partial charge >= 0.3 is 0 Å². The van der Waals surface area contributed by atoms with Crippen LogP contribution in [0.4, 0.5) is 11.4 Å². The zero-order chi connectivity index (χ0) is 17.4. The first-order chi connectivity index (χ1) is 12.1. The molecule has 0 unspecified atom stereocenters. The van der Waals surface area contributed by atoms with Gasteiger partial charge in [0.15, 0.2) is 5.78 Å². The number of nitrogens with zero attached hydrogens (tertiary/aromatic N) is 2. The quantitative estimate of drug-likeness (QED) is 0.426. The highest BCUT2D eigenvalue weighted by molar-refractivity contribution is 7.99. The summed E-state index contributed by atoms with van der Waals surface area (Å²) in [5.74, 6) is -0.0169. The van der Waals surface area contributed by atoms with Gasteiger partial charge in [0.05, 0.1) is 17.6 Å². The molecule has 0 saturated carbocycles. The first-order valence-corrected chi connectivity index (χ1v) is 8.82. The lowest BCUT2D eigenvalue weighted by Gasteiger charge is -2.20. The van der Waals surface area contributed by atoms with Crippen molar-refractivity contribution in [2.75, 3.05) is 5.32 Å². The second-order valence-electron chi connectivity index (χ2n) is 5.94. The number of ketones is 1. The third kappa shape index (κ3) is 2.98. The summed E-state index contributed by atoms with van der Waals surface area (Å²) in [4.78, 5) is 14.8. The molecule has 0 bridgehead atoms. The van der Waals surface area contributed by atoms with E-state index >= 15 is 0 Å². The van der Waals surface area contributed by atoms with Gasteiger partial charge in [-0.3, -0.25) is 9.48 Å². The summed E-state index contributed by atoms with van der Waals surface area (Å²) in [5.41, 5.74) is 4.70. The van der Waals surface area contributed by atoms with Crippen LogP contribution >= 0.6 is 11.8 Å². The van der Waals surface area contributed by atoms with E-state index in [1.165, 1.54) is 4.90 Å². The maximum absolute atomic E-state index is 12.5. The summed E-state index contributed by atoms with van der Waals surface area (Å²) in [6.07, 6.45) is 5.19. The van der Waals surface area contributed by atoms with Gasteiger partial charge in [0, 0.05) is 33.7 Å². The molecule has 0 radical (unpaired) electrons. The van der Waals surface area contributed by atoms with E-state index in [2.05, 4.69) is 16.5 Å². The Morgan fingerprint density at radius 2 is 1.96 bits per heavy atom. The first kappa shape index (κ1) is 15.7. The Hall–Kier alpha value is -2.79. The Kier molecular flexibility index (Phi) is 3.93. The third-order valence-corrected chi connectivity index (χ3v) is 5.48. The van der Waals surface area contributed by atoms with Gasteiger partial charge in [0.1, 0.15) is 0 Å². The minimum absolute atomic E-state index is 0.0169. The number of nitrogens with one attached hydrogen (secondary N) is 1. The van der Waals surface area contributed by atoms with E-state index in [0.29, 0.717) is 5.56 Å². The van der Waals surface area contributed by atoms with E-state index in [0.717, 1.165) is 27.5 Å². The number of para-hydroxylation sites is 1. The Labute approximate surface area is 150 Å². The van der Waals surface area contributed by atoms with Crippen LogP contribution in [0.2, 0.25) is 0 Å². The van der Waals surface area contributed by atoms with Crippen molar-refractivity contribution in [1.82, 2.24) is 9.78 Å². The predicted octanol–water partition coefficient (Wildman–Crippen LogP) is 4.83. The van der Waals surface area contributed by atoms with Gasteiger partial charge in [-0.1, -0.05) is 23.9 Å². The Bertz CT molecular complexity index is 1000. The molecule has 2 heterocycles. The first-order valence-electron chi connectivity index (χ1n) is 8.01. The van der Waals surface area contributed by atoms with Crippen molar-refractivity contribution in [1.29, 1.82) is 0 Å². The number of aromatic nitrogens is 2. The molecule has 1 aliphatic rings. The molecule has 25 heavy (non-hydrogen) atoms. The molecule has 0 spiro atoms. The lowest BCUT2D eigenvalue weighted by molar-refractivity contribution is 0.104. The highest BCUT2D eigenvalue weighted by Crippen LogP contribution is 2.44. The fourth-order valence-electron chi connectivity index (χ4n) is 2.73.